The minimum atomic E-state index is -4.13. The second-order valence-electron chi connectivity index (χ2n) is 4.75. The lowest BCUT2D eigenvalue weighted by atomic mass is 9.96. The van der Waals surface area contributed by atoms with Crippen molar-refractivity contribution in [2.24, 2.45) is 0 Å². The molecular formula is C14H20F3NS. The molecule has 0 aliphatic heterocycles. The molecule has 0 aromatic heterocycles. The first-order chi connectivity index (χ1) is 8.88. The van der Waals surface area contributed by atoms with E-state index in [0.717, 1.165) is 5.56 Å². The maximum atomic E-state index is 12.2. The van der Waals surface area contributed by atoms with Crippen LogP contribution < -0.4 is 5.32 Å². The molecule has 0 saturated carbocycles. The summed E-state index contributed by atoms with van der Waals surface area (Å²) in [5.41, 5.74) is -3.04. The Morgan fingerprint density at radius 2 is 1.79 bits per heavy atom. The van der Waals surface area contributed by atoms with Gasteiger partial charge in [-0.25, -0.2) is 0 Å². The second kappa shape index (κ2) is 7.80. The minimum Gasteiger partial charge on any atom is -0.314 e. The van der Waals surface area contributed by atoms with Crippen LogP contribution in [0, 0.1) is 0 Å². The maximum Gasteiger partial charge on any atom is 0.441 e. The van der Waals surface area contributed by atoms with Gasteiger partial charge in [-0.05, 0) is 17.9 Å². The highest BCUT2D eigenvalue weighted by Crippen LogP contribution is 2.32. The van der Waals surface area contributed by atoms with E-state index in [-0.39, 0.29) is 23.4 Å². The third-order valence-electron chi connectivity index (χ3n) is 2.78. The summed E-state index contributed by atoms with van der Waals surface area (Å²) in [5, 5.41) is 3.30. The molecule has 0 heterocycles. The van der Waals surface area contributed by atoms with Crippen molar-refractivity contribution >= 4 is 11.8 Å². The highest BCUT2D eigenvalue weighted by atomic mass is 32.2. The Morgan fingerprint density at radius 1 is 1.16 bits per heavy atom. The fourth-order valence-electron chi connectivity index (χ4n) is 1.81. The molecule has 5 heteroatoms. The molecule has 0 aliphatic carbocycles. The number of rotatable bonds is 7. The van der Waals surface area contributed by atoms with Crippen LogP contribution in [0.2, 0.25) is 0 Å². The van der Waals surface area contributed by atoms with Gasteiger partial charge in [-0.3, -0.25) is 0 Å². The maximum absolute atomic E-state index is 12.2. The average Bonchev–Trinajstić information content (AvgIpc) is 2.33. The zero-order chi connectivity index (χ0) is 14.3. The van der Waals surface area contributed by atoms with Crippen LogP contribution in [0.5, 0.6) is 0 Å². The molecule has 0 amide bonds. The Morgan fingerprint density at radius 3 is 2.32 bits per heavy atom. The summed E-state index contributed by atoms with van der Waals surface area (Å²) in [5.74, 6) is 0.224. The molecule has 1 rings (SSSR count). The number of thioether (sulfide) groups is 1. The number of nitrogens with one attached hydrogen (secondary N) is 1. The summed E-state index contributed by atoms with van der Waals surface area (Å²) >= 11 is 0.0630. The number of hydrogen-bond acceptors (Lipinski definition) is 2. The highest BCUT2D eigenvalue weighted by Gasteiger charge is 2.28. The lowest BCUT2D eigenvalue weighted by molar-refractivity contribution is -0.0328. The predicted molar refractivity (Wildman–Crippen MR) is 75.5 cm³/mol. The van der Waals surface area contributed by atoms with Crippen LogP contribution in [0.15, 0.2) is 30.3 Å². The Balaban J connectivity index is 2.55. The molecular weight excluding hydrogens is 271 g/mol. The number of benzene rings is 1. The van der Waals surface area contributed by atoms with Crippen molar-refractivity contribution in [2.45, 2.75) is 37.7 Å². The van der Waals surface area contributed by atoms with Crippen LogP contribution in [0.3, 0.4) is 0 Å². The van der Waals surface area contributed by atoms with E-state index in [1.807, 2.05) is 44.2 Å². The number of halogens is 3. The van der Waals surface area contributed by atoms with Gasteiger partial charge in [-0.15, -0.1) is 0 Å². The first-order valence-corrected chi connectivity index (χ1v) is 7.36. The zero-order valence-corrected chi connectivity index (χ0v) is 12.0. The molecule has 0 bridgehead atoms. The van der Waals surface area contributed by atoms with Crippen molar-refractivity contribution in [1.82, 2.24) is 5.32 Å². The van der Waals surface area contributed by atoms with Gasteiger partial charge in [0.05, 0.1) is 0 Å². The van der Waals surface area contributed by atoms with Crippen LogP contribution in [0.4, 0.5) is 13.2 Å². The quantitative estimate of drug-likeness (QED) is 0.798. The van der Waals surface area contributed by atoms with Crippen molar-refractivity contribution in [1.29, 1.82) is 0 Å². The highest BCUT2D eigenvalue weighted by molar-refractivity contribution is 8.00. The standard InChI is InChI=1S/C14H20F3NS/c1-11(2)18-10-13(8-9-19-14(15,16)17)12-6-4-3-5-7-12/h3-7,11,13,18H,8-10H2,1-2H3. The summed E-state index contributed by atoms with van der Waals surface area (Å²) in [6.45, 7) is 4.78. The summed E-state index contributed by atoms with van der Waals surface area (Å²) in [6, 6.07) is 10.1. The van der Waals surface area contributed by atoms with Crippen molar-refractivity contribution < 1.29 is 13.2 Å². The molecule has 0 spiro atoms. The van der Waals surface area contributed by atoms with Crippen LogP contribution in [0.1, 0.15) is 31.7 Å². The summed E-state index contributed by atoms with van der Waals surface area (Å²) in [6.07, 6.45) is 0.522. The minimum absolute atomic E-state index is 0.0630. The van der Waals surface area contributed by atoms with Crippen molar-refractivity contribution in [2.75, 3.05) is 12.3 Å². The van der Waals surface area contributed by atoms with E-state index in [1.54, 1.807) is 0 Å². The SMILES string of the molecule is CC(C)NCC(CCSC(F)(F)F)c1ccccc1. The van der Waals surface area contributed by atoms with E-state index in [9.17, 15) is 13.2 Å². The van der Waals surface area contributed by atoms with Gasteiger partial charge in [0.15, 0.2) is 0 Å². The summed E-state index contributed by atoms with van der Waals surface area (Å²) in [4.78, 5) is 0. The van der Waals surface area contributed by atoms with E-state index in [0.29, 0.717) is 19.0 Å². The molecule has 0 aliphatic rings. The van der Waals surface area contributed by atoms with Gasteiger partial charge in [0.2, 0.25) is 0 Å². The van der Waals surface area contributed by atoms with Gasteiger partial charge < -0.3 is 5.32 Å². The molecule has 0 fully saturated rings. The Hall–Kier alpha value is -0.680. The van der Waals surface area contributed by atoms with Gasteiger partial charge in [-0.2, -0.15) is 13.2 Å². The van der Waals surface area contributed by atoms with Gasteiger partial charge in [0.25, 0.3) is 0 Å². The fraction of sp³-hybridized carbons (Fsp3) is 0.571. The first-order valence-electron chi connectivity index (χ1n) is 6.37. The summed E-state index contributed by atoms with van der Waals surface area (Å²) in [7, 11) is 0. The number of alkyl halides is 3. The molecule has 1 nitrogen and oxygen atoms in total. The van der Waals surface area contributed by atoms with Crippen molar-refractivity contribution in [3.63, 3.8) is 0 Å². The molecule has 1 N–H and O–H groups in total. The Kier molecular flexibility index (Phi) is 6.72. The van der Waals surface area contributed by atoms with Crippen molar-refractivity contribution in [3.05, 3.63) is 35.9 Å². The Labute approximate surface area is 117 Å². The predicted octanol–water partition coefficient (Wildman–Crippen LogP) is 4.41. The van der Waals surface area contributed by atoms with E-state index in [4.69, 9.17) is 0 Å². The van der Waals surface area contributed by atoms with Gasteiger partial charge in [-0.1, -0.05) is 55.9 Å². The van der Waals surface area contributed by atoms with Crippen molar-refractivity contribution in [3.8, 4) is 0 Å². The average molecular weight is 291 g/mol. The molecule has 1 aromatic rings. The monoisotopic (exact) mass is 291 g/mol. The smallest absolute Gasteiger partial charge is 0.314 e. The Bertz CT molecular complexity index is 351. The van der Waals surface area contributed by atoms with Crippen LogP contribution in [-0.4, -0.2) is 23.8 Å². The third-order valence-corrected chi connectivity index (χ3v) is 3.54. The molecule has 0 radical (unpaired) electrons. The van der Waals surface area contributed by atoms with E-state index >= 15 is 0 Å². The summed E-state index contributed by atoms with van der Waals surface area (Å²) < 4.78 is 36.5. The lowest BCUT2D eigenvalue weighted by Crippen LogP contribution is -2.28. The third kappa shape index (κ3) is 7.47. The van der Waals surface area contributed by atoms with E-state index in [2.05, 4.69) is 5.32 Å². The van der Waals surface area contributed by atoms with Gasteiger partial charge in [0.1, 0.15) is 0 Å². The molecule has 0 saturated heterocycles. The molecule has 19 heavy (non-hydrogen) atoms. The zero-order valence-electron chi connectivity index (χ0n) is 11.2. The normalized spacial score (nSPS) is 13.8. The fourth-order valence-corrected chi connectivity index (χ4v) is 2.44. The topological polar surface area (TPSA) is 12.0 Å². The molecule has 1 aromatic carbocycles. The van der Waals surface area contributed by atoms with Crippen LogP contribution in [-0.2, 0) is 0 Å². The second-order valence-corrected chi connectivity index (χ2v) is 5.91. The molecule has 108 valence electrons. The largest absolute Gasteiger partial charge is 0.441 e. The van der Waals surface area contributed by atoms with Crippen LogP contribution in [0.25, 0.3) is 0 Å². The van der Waals surface area contributed by atoms with E-state index < -0.39 is 5.51 Å². The van der Waals surface area contributed by atoms with Crippen LogP contribution >= 0.6 is 11.8 Å². The van der Waals surface area contributed by atoms with Gasteiger partial charge in [0, 0.05) is 18.3 Å². The van der Waals surface area contributed by atoms with Gasteiger partial charge >= 0.3 is 5.51 Å². The number of hydrogen-bond donors (Lipinski definition) is 1. The molecule has 1 unspecified atom stereocenters. The lowest BCUT2D eigenvalue weighted by Gasteiger charge is -2.20. The van der Waals surface area contributed by atoms with E-state index in [1.165, 1.54) is 0 Å². The first kappa shape index (κ1) is 16.4. The molecule has 1 atom stereocenters.